The Labute approximate surface area is 149 Å². The Bertz CT molecular complexity index is 666. The average Bonchev–Trinajstić information content (AvgIpc) is 2.89. The van der Waals surface area contributed by atoms with Crippen molar-refractivity contribution in [2.75, 3.05) is 11.9 Å². The Balaban J connectivity index is 2.22. The van der Waals surface area contributed by atoms with Gasteiger partial charge >= 0.3 is 6.09 Å². The first-order valence-electron chi connectivity index (χ1n) is 6.91. The van der Waals surface area contributed by atoms with Crippen molar-refractivity contribution in [2.24, 2.45) is 0 Å². The van der Waals surface area contributed by atoms with E-state index in [1.54, 1.807) is 10.9 Å². The van der Waals surface area contributed by atoms with Gasteiger partial charge in [-0.3, -0.25) is 10.00 Å². The first-order valence-corrected chi connectivity index (χ1v) is 8.05. The van der Waals surface area contributed by atoms with Crippen LogP contribution in [0.15, 0.2) is 36.5 Å². The van der Waals surface area contributed by atoms with E-state index in [4.69, 9.17) is 39.5 Å². The van der Waals surface area contributed by atoms with Crippen LogP contribution in [0.2, 0.25) is 0 Å². The van der Waals surface area contributed by atoms with Gasteiger partial charge in [0, 0.05) is 17.8 Å². The summed E-state index contributed by atoms with van der Waals surface area (Å²) in [5, 5.41) is 7.15. The van der Waals surface area contributed by atoms with Crippen LogP contribution < -0.4 is 5.32 Å². The fraction of sp³-hybridized carbons (Fsp3) is 0.333. The molecule has 1 N–H and O–H groups in total. The third-order valence-corrected chi connectivity index (χ3v) is 3.24. The molecule has 0 radical (unpaired) electrons. The summed E-state index contributed by atoms with van der Waals surface area (Å²) in [6.07, 6.45) is 1.03. The fourth-order valence-corrected chi connectivity index (χ4v) is 2.01. The molecule has 0 spiro atoms. The van der Waals surface area contributed by atoms with Gasteiger partial charge in [0.1, 0.15) is 12.3 Å². The Morgan fingerprint density at radius 1 is 1.30 bits per heavy atom. The number of carbonyl (C=O) groups excluding carboxylic acids is 1. The number of alkyl halides is 3. The van der Waals surface area contributed by atoms with E-state index in [1.807, 2.05) is 44.2 Å². The van der Waals surface area contributed by atoms with E-state index < -0.39 is 9.89 Å². The highest BCUT2D eigenvalue weighted by atomic mass is 35.6. The predicted octanol–water partition coefficient (Wildman–Crippen LogP) is 5.05. The summed E-state index contributed by atoms with van der Waals surface area (Å²) >= 11 is 16.7. The molecule has 0 aliphatic carbocycles. The van der Waals surface area contributed by atoms with Gasteiger partial charge in [0.2, 0.25) is 3.79 Å². The number of anilines is 1. The van der Waals surface area contributed by atoms with Gasteiger partial charge in [0.15, 0.2) is 0 Å². The highest BCUT2D eigenvalue weighted by Gasteiger charge is 2.23. The molecule has 2 aromatic rings. The lowest BCUT2D eigenvalue weighted by atomic mass is 10.1. The van der Waals surface area contributed by atoms with E-state index in [0.29, 0.717) is 11.4 Å². The number of ether oxygens (including phenoxy) is 1. The van der Waals surface area contributed by atoms with Crippen LogP contribution in [0, 0.1) is 0 Å². The van der Waals surface area contributed by atoms with Crippen LogP contribution in [-0.4, -0.2) is 26.3 Å². The third-order valence-electron chi connectivity index (χ3n) is 2.91. The average molecular weight is 377 g/mol. The van der Waals surface area contributed by atoms with Gasteiger partial charge in [-0.05, 0) is 13.8 Å². The van der Waals surface area contributed by atoms with Gasteiger partial charge in [0.25, 0.3) is 0 Å². The van der Waals surface area contributed by atoms with Gasteiger partial charge < -0.3 is 4.74 Å². The van der Waals surface area contributed by atoms with Crippen LogP contribution in [0.3, 0.4) is 0 Å². The lowest BCUT2D eigenvalue weighted by molar-refractivity contribution is 0.164. The number of benzene rings is 1. The van der Waals surface area contributed by atoms with Crippen LogP contribution in [0.25, 0.3) is 11.3 Å². The number of amides is 1. The van der Waals surface area contributed by atoms with Crippen LogP contribution in [0.1, 0.15) is 19.9 Å². The highest BCUT2D eigenvalue weighted by Crippen LogP contribution is 2.29. The number of carbonyl (C=O) groups is 1. The molecule has 23 heavy (non-hydrogen) atoms. The monoisotopic (exact) mass is 375 g/mol. The minimum Gasteiger partial charge on any atom is -0.445 e. The number of rotatable bonds is 4. The zero-order valence-electron chi connectivity index (χ0n) is 12.6. The van der Waals surface area contributed by atoms with E-state index in [2.05, 4.69) is 10.4 Å². The minimum atomic E-state index is -1.65. The molecule has 0 aliphatic heterocycles. The molecular weight excluding hydrogens is 361 g/mol. The van der Waals surface area contributed by atoms with E-state index in [1.165, 1.54) is 0 Å². The topological polar surface area (TPSA) is 56.2 Å². The van der Waals surface area contributed by atoms with Gasteiger partial charge in [0.05, 0.1) is 5.69 Å². The molecule has 1 heterocycles. The molecule has 0 saturated heterocycles. The molecule has 1 aromatic carbocycles. The molecule has 8 heteroatoms. The second kappa shape index (κ2) is 7.43. The number of hydrogen-bond donors (Lipinski definition) is 1. The van der Waals surface area contributed by atoms with Crippen molar-refractivity contribution < 1.29 is 9.53 Å². The normalized spacial score (nSPS) is 11.6. The second-order valence-electron chi connectivity index (χ2n) is 5.15. The van der Waals surface area contributed by atoms with Gasteiger partial charge in [-0.15, -0.1) is 0 Å². The van der Waals surface area contributed by atoms with Crippen molar-refractivity contribution in [1.29, 1.82) is 0 Å². The number of hydrogen-bond acceptors (Lipinski definition) is 3. The zero-order chi connectivity index (χ0) is 17.0. The smallest absolute Gasteiger partial charge is 0.411 e. The molecule has 124 valence electrons. The van der Waals surface area contributed by atoms with Crippen LogP contribution in [0.4, 0.5) is 10.5 Å². The molecule has 0 bridgehead atoms. The van der Waals surface area contributed by atoms with E-state index >= 15 is 0 Å². The number of aromatic nitrogens is 2. The number of nitrogens with zero attached hydrogens (tertiary/aromatic N) is 2. The van der Waals surface area contributed by atoms with Crippen molar-refractivity contribution in [3.05, 3.63) is 36.5 Å². The van der Waals surface area contributed by atoms with E-state index in [9.17, 15) is 4.79 Å². The summed E-state index contributed by atoms with van der Waals surface area (Å²) in [7, 11) is 0. The van der Waals surface area contributed by atoms with Gasteiger partial charge in [-0.2, -0.15) is 5.10 Å². The van der Waals surface area contributed by atoms with Crippen LogP contribution >= 0.6 is 34.8 Å². The molecule has 1 aromatic heterocycles. The standard InChI is InChI=1S/C15H16Cl3N3O2/c1-10(2)21-8-12(19-14(22)23-9-15(16,17)18)13(20-21)11-6-4-3-5-7-11/h3-8,10H,9H2,1-2H3,(H,19,22). The van der Waals surface area contributed by atoms with Crippen molar-refractivity contribution in [1.82, 2.24) is 9.78 Å². The Kier molecular flexibility index (Phi) is 5.79. The van der Waals surface area contributed by atoms with Crippen molar-refractivity contribution >= 4 is 46.6 Å². The third kappa shape index (κ3) is 5.30. The fourth-order valence-electron chi connectivity index (χ4n) is 1.85. The van der Waals surface area contributed by atoms with Crippen molar-refractivity contribution in [3.8, 4) is 11.3 Å². The second-order valence-corrected chi connectivity index (χ2v) is 7.66. The van der Waals surface area contributed by atoms with Gasteiger partial charge in [-0.25, -0.2) is 4.79 Å². The molecule has 0 unspecified atom stereocenters. The molecule has 1 amide bonds. The van der Waals surface area contributed by atoms with Gasteiger partial charge in [-0.1, -0.05) is 65.1 Å². The van der Waals surface area contributed by atoms with Crippen LogP contribution in [0.5, 0.6) is 0 Å². The number of nitrogens with one attached hydrogen (secondary N) is 1. The minimum absolute atomic E-state index is 0.144. The zero-order valence-corrected chi connectivity index (χ0v) is 14.9. The first kappa shape index (κ1) is 17.9. The molecule has 0 fully saturated rings. The Morgan fingerprint density at radius 2 is 1.96 bits per heavy atom. The maximum atomic E-state index is 11.9. The molecule has 0 atom stereocenters. The summed E-state index contributed by atoms with van der Waals surface area (Å²) in [6.45, 7) is 3.64. The summed E-state index contributed by atoms with van der Waals surface area (Å²) in [4.78, 5) is 11.9. The summed E-state index contributed by atoms with van der Waals surface area (Å²) in [5.41, 5.74) is 2.05. The Morgan fingerprint density at radius 3 is 2.52 bits per heavy atom. The highest BCUT2D eigenvalue weighted by molar-refractivity contribution is 6.67. The quantitative estimate of drug-likeness (QED) is 0.760. The maximum absolute atomic E-state index is 11.9. The van der Waals surface area contributed by atoms with Crippen LogP contribution in [-0.2, 0) is 4.74 Å². The molecule has 2 rings (SSSR count). The Hall–Kier alpha value is -1.43. The maximum Gasteiger partial charge on any atom is 0.411 e. The molecule has 5 nitrogen and oxygen atoms in total. The van der Waals surface area contributed by atoms with Crippen molar-refractivity contribution in [3.63, 3.8) is 0 Å². The lowest BCUT2D eigenvalue weighted by Gasteiger charge is -2.11. The SMILES string of the molecule is CC(C)n1cc(NC(=O)OCC(Cl)(Cl)Cl)c(-c2ccccc2)n1. The molecule has 0 saturated carbocycles. The molecular formula is C15H16Cl3N3O2. The first-order chi connectivity index (χ1) is 10.8. The summed E-state index contributed by atoms with van der Waals surface area (Å²) < 4.78 is 4.99. The van der Waals surface area contributed by atoms with Crippen molar-refractivity contribution in [2.45, 2.75) is 23.7 Å². The lowest BCUT2D eigenvalue weighted by Crippen LogP contribution is -2.21. The van der Waals surface area contributed by atoms with E-state index in [-0.39, 0.29) is 12.6 Å². The summed E-state index contributed by atoms with van der Waals surface area (Å²) in [6, 6.07) is 9.66. The molecule has 0 aliphatic rings. The number of halogens is 3. The summed E-state index contributed by atoms with van der Waals surface area (Å²) in [5.74, 6) is 0. The van der Waals surface area contributed by atoms with E-state index in [0.717, 1.165) is 5.56 Å². The predicted molar refractivity (Wildman–Crippen MR) is 93.3 cm³/mol. The largest absolute Gasteiger partial charge is 0.445 e.